The van der Waals surface area contributed by atoms with Crippen LogP contribution in [0, 0.1) is 0 Å². The van der Waals surface area contributed by atoms with Crippen molar-refractivity contribution in [2.75, 3.05) is 0 Å². The van der Waals surface area contributed by atoms with Gasteiger partial charge in [-0.05, 0) is 55.3 Å². The first kappa shape index (κ1) is 28.4. The number of para-hydroxylation sites is 1. The van der Waals surface area contributed by atoms with E-state index in [1.807, 2.05) is 65.2 Å². The zero-order chi connectivity index (χ0) is 29.3. The highest BCUT2D eigenvalue weighted by Gasteiger charge is 2.22. The van der Waals surface area contributed by atoms with Gasteiger partial charge in [-0.15, -0.1) is 0 Å². The molecular weight excluding hydrogens is 524 g/mol. The number of nitrogens with zero attached hydrogens (tertiary/aromatic N) is 2. The zero-order valence-electron chi connectivity index (χ0n) is 23.5. The number of benzene rings is 4. The third-order valence-electron chi connectivity index (χ3n) is 7.18. The smallest absolute Gasteiger partial charge is 0.316 e. The molecule has 0 amide bonds. The lowest BCUT2D eigenvalue weighted by Gasteiger charge is -2.07. The maximum Gasteiger partial charge on any atom is 0.365 e. The van der Waals surface area contributed by atoms with Gasteiger partial charge >= 0.3 is 5.97 Å². The molecule has 6 nitrogen and oxygen atoms in total. The molecule has 0 N–H and O–H groups in total. The van der Waals surface area contributed by atoms with Crippen molar-refractivity contribution in [1.29, 1.82) is 0 Å². The molecule has 0 aliphatic heterocycles. The Bertz CT molecular complexity index is 1720. The van der Waals surface area contributed by atoms with Gasteiger partial charge in [0.15, 0.2) is 5.78 Å². The van der Waals surface area contributed by atoms with Crippen LogP contribution < -0.4 is 0 Å². The second-order valence-corrected chi connectivity index (χ2v) is 10.1. The summed E-state index contributed by atoms with van der Waals surface area (Å²) in [7, 11) is 0. The van der Waals surface area contributed by atoms with Gasteiger partial charge in [-0.1, -0.05) is 98.1 Å². The first-order valence-corrected chi connectivity index (χ1v) is 14.2. The highest BCUT2D eigenvalue weighted by molar-refractivity contribution is 6.47. The largest absolute Gasteiger partial charge is 0.365 e. The summed E-state index contributed by atoms with van der Waals surface area (Å²) in [6.07, 6.45) is 6.01. The molecule has 0 bridgehead atoms. The molecule has 1 aromatic heterocycles. The molecule has 4 aromatic carbocycles. The molecule has 0 aliphatic rings. The summed E-state index contributed by atoms with van der Waals surface area (Å²) in [6.45, 7) is 2.13. The Morgan fingerprint density at radius 2 is 1.31 bits per heavy atom. The molecule has 0 aliphatic carbocycles. The predicted octanol–water partition coefficient (Wildman–Crippen LogP) is 8.23. The number of fused-ring (bicyclic) bond motifs is 1. The minimum absolute atomic E-state index is 0.0515. The lowest BCUT2D eigenvalue weighted by atomic mass is 10.0. The van der Waals surface area contributed by atoms with E-state index in [2.05, 4.69) is 12.1 Å². The third kappa shape index (κ3) is 6.44. The fourth-order valence-electron chi connectivity index (χ4n) is 4.90. The summed E-state index contributed by atoms with van der Waals surface area (Å²) in [5.74, 6) is -0.940. The fourth-order valence-corrected chi connectivity index (χ4v) is 4.90. The van der Waals surface area contributed by atoms with Gasteiger partial charge in [-0.3, -0.25) is 9.59 Å². The van der Waals surface area contributed by atoms with Crippen LogP contribution >= 0.6 is 0 Å². The maximum absolute atomic E-state index is 13.9. The number of hydrogen-bond acceptors (Lipinski definition) is 5. The van der Waals surface area contributed by atoms with Gasteiger partial charge in [0.1, 0.15) is 5.71 Å². The van der Waals surface area contributed by atoms with Gasteiger partial charge in [-0.25, -0.2) is 4.79 Å². The molecule has 210 valence electrons. The molecule has 1 heterocycles. The number of aromatic nitrogens is 1. The molecule has 0 spiro atoms. The Morgan fingerprint density at radius 1 is 0.690 bits per heavy atom. The quantitative estimate of drug-likeness (QED) is 0.0510. The average Bonchev–Trinajstić information content (AvgIpc) is 3.44. The van der Waals surface area contributed by atoms with E-state index in [9.17, 15) is 14.4 Å². The summed E-state index contributed by atoms with van der Waals surface area (Å²) < 4.78 is 1.93. The minimum Gasteiger partial charge on any atom is -0.316 e. The number of carbonyl (C=O) groups is 3. The van der Waals surface area contributed by atoms with Crippen molar-refractivity contribution in [3.8, 4) is 5.69 Å². The van der Waals surface area contributed by atoms with Crippen molar-refractivity contribution in [1.82, 2.24) is 4.57 Å². The molecular formula is C36H32N2O4. The van der Waals surface area contributed by atoms with Gasteiger partial charge in [0.2, 0.25) is 5.78 Å². The van der Waals surface area contributed by atoms with Gasteiger partial charge in [0, 0.05) is 34.0 Å². The van der Waals surface area contributed by atoms with Crippen LogP contribution in [0.15, 0.2) is 121 Å². The second-order valence-electron chi connectivity index (χ2n) is 10.1. The molecule has 0 fully saturated rings. The standard InChI is InChI=1S/C36H32N2O4/c1-2-3-4-11-19-32(37-42-36(41)28-16-9-6-10-17-28)35(40)31-25-38(33-20-13-12-18-30(31)33)29-23-21-27(22-24-29)34(39)26-14-7-5-8-15-26/h5-10,12-18,20-25H,2-4,11,19H2,1H3/b37-32+. The Labute approximate surface area is 245 Å². The van der Waals surface area contributed by atoms with E-state index in [1.54, 1.807) is 54.7 Å². The molecule has 42 heavy (non-hydrogen) atoms. The third-order valence-corrected chi connectivity index (χ3v) is 7.18. The Kier molecular flexibility index (Phi) is 9.14. The fraction of sp³-hybridized carbons (Fsp3) is 0.167. The van der Waals surface area contributed by atoms with Crippen LogP contribution in [0.1, 0.15) is 75.7 Å². The first-order valence-electron chi connectivity index (χ1n) is 14.2. The van der Waals surface area contributed by atoms with Crippen LogP contribution in [0.25, 0.3) is 16.6 Å². The lowest BCUT2D eigenvalue weighted by molar-refractivity contribution is 0.0514. The van der Waals surface area contributed by atoms with Gasteiger partial charge < -0.3 is 9.40 Å². The minimum atomic E-state index is -0.609. The first-order chi connectivity index (χ1) is 20.6. The monoisotopic (exact) mass is 556 g/mol. The van der Waals surface area contributed by atoms with Gasteiger partial charge in [0.05, 0.1) is 11.1 Å². The number of unbranched alkanes of at least 4 members (excludes halogenated alkanes) is 3. The normalized spacial score (nSPS) is 11.4. The molecule has 0 unspecified atom stereocenters. The van der Waals surface area contributed by atoms with Crippen LogP contribution in [0.5, 0.6) is 0 Å². The summed E-state index contributed by atoms with van der Waals surface area (Å²) >= 11 is 0. The zero-order valence-corrected chi connectivity index (χ0v) is 23.5. The van der Waals surface area contributed by atoms with Crippen LogP contribution in [-0.2, 0) is 4.84 Å². The van der Waals surface area contributed by atoms with Crippen molar-refractivity contribution >= 4 is 34.2 Å². The van der Waals surface area contributed by atoms with E-state index in [0.29, 0.717) is 28.7 Å². The molecule has 5 aromatic rings. The number of rotatable bonds is 12. The van der Waals surface area contributed by atoms with Crippen LogP contribution in [0.3, 0.4) is 0 Å². The number of Topliss-reactive ketones (excluding diaryl/α,β-unsaturated/α-hetero) is 1. The van der Waals surface area contributed by atoms with E-state index in [-0.39, 0.29) is 17.3 Å². The highest BCUT2D eigenvalue weighted by atomic mass is 16.7. The van der Waals surface area contributed by atoms with Crippen LogP contribution in [-0.4, -0.2) is 27.8 Å². The second kappa shape index (κ2) is 13.5. The SMILES string of the molecule is CCCCCC/C(=N\OC(=O)c1ccccc1)C(=O)c1cn(-c2ccc(C(=O)c3ccccc3)cc2)c2ccccc12. The molecule has 0 radical (unpaired) electrons. The number of ketones is 2. The van der Waals surface area contributed by atoms with Crippen LogP contribution in [0.2, 0.25) is 0 Å². The van der Waals surface area contributed by atoms with Gasteiger partial charge in [0.25, 0.3) is 0 Å². The van der Waals surface area contributed by atoms with E-state index in [1.165, 1.54) is 0 Å². The van der Waals surface area contributed by atoms with E-state index in [0.717, 1.165) is 42.3 Å². The van der Waals surface area contributed by atoms with Crippen molar-refractivity contribution in [3.05, 3.63) is 138 Å². The van der Waals surface area contributed by atoms with E-state index < -0.39 is 5.97 Å². The summed E-state index contributed by atoms with van der Waals surface area (Å²) in [5.41, 5.74) is 3.91. The molecule has 0 saturated heterocycles. The Balaban J connectivity index is 1.46. The Morgan fingerprint density at radius 3 is 2.00 bits per heavy atom. The summed E-state index contributed by atoms with van der Waals surface area (Å²) in [5, 5.41) is 4.86. The molecule has 0 saturated carbocycles. The van der Waals surface area contributed by atoms with Crippen molar-refractivity contribution in [2.24, 2.45) is 5.16 Å². The topological polar surface area (TPSA) is 77.7 Å². The van der Waals surface area contributed by atoms with Crippen molar-refractivity contribution in [2.45, 2.75) is 39.0 Å². The summed E-state index contributed by atoms with van der Waals surface area (Å²) in [6, 6.07) is 32.7. The van der Waals surface area contributed by atoms with E-state index in [4.69, 9.17) is 4.84 Å². The number of hydrogen-bond donors (Lipinski definition) is 0. The van der Waals surface area contributed by atoms with Crippen molar-refractivity contribution in [3.63, 3.8) is 0 Å². The average molecular weight is 557 g/mol. The van der Waals surface area contributed by atoms with Crippen molar-refractivity contribution < 1.29 is 19.2 Å². The van der Waals surface area contributed by atoms with E-state index >= 15 is 0 Å². The molecule has 6 heteroatoms. The predicted molar refractivity (Wildman–Crippen MR) is 166 cm³/mol. The number of oxime groups is 1. The molecule has 5 rings (SSSR count). The highest BCUT2D eigenvalue weighted by Crippen LogP contribution is 2.27. The maximum atomic E-state index is 13.9. The number of carbonyl (C=O) groups excluding carboxylic acids is 3. The lowest BCUT2D eigenvalue weighted by Crippen LogP contribution is -2.16. The summed E-state index contributed by atoms with van der Waals surface area (Å²) in [4.78, 5) is 44.7. The van der Waals surface area contributed by atoms with Crippen LogP contribution in [0.4, 0.5) is 0 Å². The van der Waals surface area contributed by atoms with Gasteiger partial charge in [-0.2, -0.15) is 0 Å². The Hall–Kier alpha value is -5.10. The molecule has 0 atom stereocenters.